The van der Waals surface area contributed by atoms with Gasteiger partial charge in [-0.05, 0) is 44.5 Å². The molecule has 174 valence electrons. The molecule has 0 radical (unpaired) electrons. The number of likely N-dealkylation sites (N-methyl/N-ethyl adjacent to an activating group) is 1. The van der Waals surface area contributed by atoms with Gasteiger partial charge in [-0.25, -0.2) is 4.98 Å². The van der Waals surface area contributed by atoms with Crippen molar-refractivity contribution in [2.24, 2.45) is 0 Å². The highest BCUT2D eigenvalue weighted by Gasteiger charge is 2.26. The highest BCUT2D eigenvalue weighted by molar-refractivity contribution is 7.11. The van der Waals surface area contributed by atoms with Gasteiger partial charge in [0.1, 0.15) is 11.6 Å². The van der Waals surface area contributed by atoms with Crippen molar-refractivity contribution in [3.8, 4) is 16.5 Å². The van der Waals surface area contributed by atoms with Gasteiger partial charge in [0.2, 0.25) is 5.95 Å². The molecule has 2 aliphatic heterocycles. The number of thiazole rings is 1. The molecule has 1 fully saturated rings. The van der Waals surface area contributed by atoms with E-state index in [9.17, 15) is 0 Å². The molecule has 8 nitrogen and oxygen atoms in total. The topological polar surface area (TPSA) is 83.6 Å². The third-order valence-corrected chi connectivity index (χ3v) is 7.23. The average Bonchev–Trinajstić information content (AvgIpc) is 3.27. The van der Waals surface area contributed by atoms with Crippen LogP contribution in [-0.2, 0) is 13.0 Å². The van der Waals surface area contributed by atoms with Crippen molar-refractivity contribution >= 4 is 28.9 Å². The summed E-state index contributed by atoms with van der Waals surface area (Å²) in [6.45, 7) is 9.59. The number of hydrogen-bond acceptors (Lipinski definition) is 9. The molecular formula is C24H31N7OS. The number of nitrogen functional groups attached to an aromatic ring is 1. The van der Waals surface area contributed by atoms with Gasteiger partial charge in [0.15, 0.2) is 0 Å². The molecule has 1 aromatic carbocycles. The van der Waals surface area contributed by atoms with E-state index in [-0.39, 0.29) is 0 Å². The average molecular weight is 466 g/mol. The summed E-state index contributed by atoms with van der Waals surface area (Å²) < 4.78 is 5.55. The summed E-state index contributed by atoms with van der Waals surface area (Å²) in [7, 11) is 2.15. The normalized spacial score (nSPS) is 18.9. The summed E-state index contributed by atoms with van der Waals surface area (Å²) in [5.41, 5.74) is 10.9. The van der Waals surface area contributed by atoms with E-state index in [1.807, 2.05) is 6.92 Å². The van der Waals surface area contributed by atoms with Crippen LogP contribution in [-0.4, -0.2) is 65.7 Å². The van der Waals surface area contributed by atoms with E-state index in [0.29, 0.717) is 23.8 Å². The van der Waals surface area contributed by atoms with Gasteiger partial charge < -0.3 is 25.2 Å². The molecule has 2 N–H and O–H groups in total. The third kappa shape index (κ3) is 4.60. The van der Waals surface area contributed by atoms with Crippen LogP contribution in [0.2, 0.25) is 0 Å². The molecule has 1 atom stereocenters. The van der Waals surface area contributed by atoms with Gasteiger partial charge >= 0.3 is 0 Å². The molecule has 9 heteroatoms. The van der Waals surface area contributed by atoms with Crippen LogP contribution in [0.15, 0.2) is 29.6 Å². The van der Waals surface area contributed by atoms with Crippen molar-refractivity contribution in [1.29, 1.82) is 0 Å². The summed E-state index contributed by atoms with van der Waals surface area (Å²) in [5, 5.41) is 2.77. The second kappa shape index (κ2) is 9.15. The first-order chi connectivity index (χ1) is 16.0. The number of rotatable bonds is 5. The second-order valence-electron chi connectivity index (χ2n) is 8.83. The lowest BCUT2D eigenvalue weighted by Crippen LogP contribution is -2.45. The van der Waals surface area contributed by atoms with Gasteiger partial charge in [-0.3, -0.25) is 0 Å². The molecule has 1 saturated heterocycles. The van der Waals surface area contributed by atoms with Crippen LogP contribution in [0.1, 0.15) is 25.0 Å². The van der Waals surface area contributed by atoms with E-state index in [1.165, 1.54) is 22.5 Å². The number of anilines is 3. The van der Waals surface area contributed by atoms with E-state index in [1.54, 1.807) is 0 Å². The minimum atomic E-state index is 0.321. The Bertz CT molecular complexity index is 1130. The standard InChI is InChI=1S/C24H31N7OS/c1-4-32-24-26-20(15-33-24)18-6-5-17-11-16(2)31(14-19(17)12-18)22-13-21(27-23(25)28-22)30-9-7-29(3)8-10-30/h5-6,12-13,15-16H,4,7-11,14H2,1-3H3,(H2,25,27,28). The first-order valence-corrected chi connectivity index (χ1v) is 12.4. The molecule has 0 spiro atoms. The van der Waals surface area contributed by atoms with Crippen molar-refractivity contribution in [3.05, 3.63) is 40.8 Å². The first-order valence-electron chi connectivity index (χ1n) is 11.6. The van der Waals surface area contributed by atoms with Gasteiger partial charge in [-0.15, -0.1) is 0 Å². The van der Waals surface area contributed by atoms with Gasteiger partial charge in [-0.1, -0.05) is 23.5 Å². The molecule has 2 aromatic heterocycles. The maximum Gasteiger partial charge on any atom is 0.273 e. The summed E-state index contributed by atoms with van der Waals surface area (Å²) in [6, 6.07) is 9.08. The van der Waals surface area contributed by atoms with E-state index < -0.39 is 0 Å². The van der Waals surface area contributed by atoms with Crippen LogP contribution >= 0.6 is 11.3 Å². The Kier molecular flexibility index (Phi) is 6.07. The van der Waals surface area contributed by atoms with Crippen LogP contribution in [0.25, 0.3) is 11.3 Å². The molecule has 4 heterocycles. The number of benzene rings is 1. The lowest BCUT2D eigenvalue weighted by molar-refractivity contribution is 0.312. The van der Waals surface area contributed by atoms with Crippen LogP contribution < -0.4 is 20.3 Å². The quantitative estimate of drug-likeness (QED) is 0.615. The number of hydrogen-bond donors (Lipinski definition) is 1. The van der Waals surface area contributed by atoms with Crippen LogP contribution in [0.3, 0.4) is 0 Å². The van der Waals surface area contributed by atoms with Gasteiger partial charge in [0, 0.05) is 55.8 Å². The highest BCUT2D eigenvalue weighted by atomic mass is 32.1. The van der Waals surface area contributed by atoms with Crippen molar-refractivity contribution in [3.63, 3.8) is 0 Å². The summed E-state index contributed by atoms with van der Waals surface area (Å²) >= 11 is 1.54. The summed E-state index contributed by atoms with van der Waals surface area (Å²) in [6.07, 6.45) is 0.963. The Labute approximate surface area is 199 Å². The lowest BCUT2D eigenvalue weighted by Gasteiger charge is -2.37. The smallest absolute Gasteiger partial charge is 0.273 e. The zero-order chi connectivity index (χ0) is 22.9. The Morgan fingerprint density at radius 3 is 2.64 bits per heavy atom. The molecule has 5 rings (SSSR count). The fourth-order valence-corrected chi connectivity index (χ4v) is 5.31. The monoisotopic (exact) mass is 465 g/mol. The first kappa shape index (κ1) is 21.9. The summed E-state index contributed by atoms with van der Waals surface area (Å²) in [5.74, 6) is 2.15. The fraction of sp³-hybridized carbons (Fsp3) is 0.458. The highest BCUT2D eigenvalue weighted by Crippen LogP contribution is 2.33. The lowest BCUT2D eigenvalue weighted by atomic mass is 9.92. The molecule has 33 heavy (non-hydrogen) atoms. The zero-order valence-corrected chi connectivity index (χ0v) is 20.3. The SMILES string of the molecule is CCOc1nc(-c2ccc3c(c2)CN(c2cc(N4CCN(C)CC4)nc(N)n2)C(C)C3)cs1. The Balaban J connectivity index is 1.41. The van der Waals surface area contributed by atoms with Gasteiger partial charge in [0.05, 0.1) is 12.3 Å². The minimum Gasteiger partial charge on any atom is -0.470 e. The maximum atomic E-state index is 6.16. The molecule has 3 aromatic rings. The number of nitrogens with two attached hydrogens (primary N) is 1. The van der Waals surface area contributed by atoms with Crippen LogP contribution in [0.4, 0.5) is 17.6 Å². The molecule has 2 aliphatic rings. The van der Waals surface area contributed by atoms with E-state index >= 15 is 0 Å². The predicted octanol–water partition coefficient (Wildman–Crippen LogP) is 3.28. The van der Waals surface area contributed by atoms with Crippen molar-refractivity contribution in [2.45, 2.75) is 32.9 Å². The molecule has 0 aliphatic carbocycles. The van der Waals surface area contributed by atoms with E-state index in [0.717, 1.165) is 62.0 Å². The molecule has 0 amide bonds. The number of ether oxygens (including phenoxy) is 1. The second-order valence-corrected chi connectivity index (χ2v) is 9.65. The number of fused-ring (bicyclic) bond motifs is 1. The number of aromatic nitrogens is 3. The van der Waals surface area contributed by atoms with E-state index in [2.05, 4.69) is 73.3 Å². The Hall–Kier alpha value is -2.91. The Morgan fingerprint density at radius 2 is 1.85 bits per heavy atom. The fourth-order valence-electron chi connectivity index (χ4n) is 4.57. The largest absolute Gasteiger partial charge is 0.470 e. The molecule has 1 unspecified atom stereocenters. The molecule has 0 bridgehead atoms. The maximum absolute atomic E-state index is 6.16. The molecular weight excluding hydrogens is 434 g/mol. The van der Waals surface area contributed by atoms with E-state index in [4.69, 9.17) is 10.5 Å². The number of nitrogens with zero attached hydrogens (tertiary/aromatic N) is 6. The van der Waals surface area contributed by atoms with Crippen molar-refractivity contribution in [2.75, 3.05) is 55.4 Å². The van der Waals surface area contributed by atoms with Crippen LogP contribution in [0.5, 0.6) is 5.19 Å². The van der Waals surface area contributed by atoms with Crippen molar-refractivity contribution < 1.29 is 4.74 Å². The molecule has 0 saturated carbocycles. The van der Waals surface area contributed by atoms with Crippen LogP contribution in [0, 0.1) is 0 Å². The van der Waals surface area contributed by atoms with Gasteiger partial charge in [-0.2, -0.15) is 9.97 Å². The third-order valence-electron chi connectivity index (χ3n) is 6.48. The minimum absolute atomic E-state index is 0.321. The van der Waals surface area contributed by atoms with Crippen molar-refractivity contribution in [1.82, 2.24) is 19.9 Å². The summed E-state index contributed by atoms with van der Waals surface area (Å²) in [4.78, 5) is 20.8. The number of piperazine rings is 1. The predicted molar refractivity (Wildman–Crippen MR) is 134 cm³/mol. The van der Waals surface area contributed by atoms with Gasteiger partial charge in [0.25, 0.3) is 5.19 Å². The zero-order valence-electron chi connectivity index (χ0n) is 19.5. The Morgan fingerprint density at radius 1 is 1.06 bits per heavy atom.